The molecular formula is C28H25N5O3. The van der Waals surface area contributed by atoms with E-state index in [1.807, 2.05) is 72.4 Å². The quantitative estimate of drug-likeness (QED) is 0.406. The fraction of sp³-hybridized carbons (Fsp3) is 0.179. The van der Waals surface area contributed by atoms with Crippen LogP contribution in [0.25, 0.3) is 38.6 Å². The summed E-state index contributed by atoms with van der Waals surface area (Å²) in [5.41, 5.74) is 11.9. The lowest BCUT2D eigenvalue weighted by Crippen LogP contribution is -2.40. The van der Waals surface area contributed by atoms with E-state index in [1.54, 1.807) is 11.0 Å². The number of ether oxygens (including phenoxy) is 1. The Morgan fingerprint density at radius 1 is 1.00 bits per heavy atom. The van der Waals surface area contributed by atoms with E-state index in [4.69, 9.17) is 10.5 Å². The minimum Gasteiger partial charge on any atom is -0.378 e. The Labute approximate surface area is 207 Å². The minimum atomic E-state index is -0.522. The lowest BCUT2D eigenvalue weighted by Gasteiger charge is -2.26. The van der Waals surface area contributed by atoms with Crippen LogP contribution in [0.3, 0.4) is 0 Å². The number of carbonyl (C=O) groups excluding carboxylic acids is 2. The third-order valence-electron chi connectivity index (χ3n) is 6.84. The van der Waals surface area contributed by atoms with E-state index in [0.29, 0.717) is 42.9 Å². The van der Waals surface area contributed by atoms with Crippen molar-refractivity contribution in [2.24, 2.45) is 5.73 Å². The molecule has 0 saturated carbocycles. The van der Waals surface area contributed by atoms with E-state index in [9.17, 15) is 9.59 Å². The number of fused-ring (bicyclic) bond motifs is 3. The summed E-state index contributed by atoms with van der Waals surface area (Å²) in [7, 11) is 0. The van der Waals surface area contributed by atoms with Crippen molar-refractivity contribution in [2.75, 3.05) is 26.3 Å². The van der Waals surface area contributed by atoms with Crippen LogP contribution in [0.15, 0.2) is 66.9 Å². The second-order valence-corrected chi connectivity index (χ2v) is 8.99. The van der Waals surface area contributed by atoms with Crippen LogP contribution < -0.4 is 5.73 Å². The molecule has 180 valence electrons. The van der Waals surface area contributed by atoms with Crippen LogP contribution in [-0.2, 0) is 4.74 Å². The molecule has 8 nitrogen and oxygen atoms in total. The molecule has 2 aromatic heterocycles. The summed E-state index contributed by atoms with van der Waals surface area (Å²) in [5, 5.41) is 6.37. The van der Waals surface area contributed by atoms with Crippen LogP contribution in [0.5, 0.6) is 0 Å². The largest absolute Gasteiger partial charge is 0.378 e. The highest BCUT2D eigenvalue weighted by Crippen LogP contribution is 2.35. The number of nitrogens with zero attached hydrogens (tertiary/aromatic N) is 3. The molecule has 2 amide bonds. The summed E-state index contributed by atoms with van der Waals surface area (Å²) in [6.45, 7) is 4.25. The number of H-pyrrole nitrogens is 1. The highest BCUT2D eigenvalue weighted by molar-refractivity contribution is 6.17. The molecular weight excluding hydrogens is 454 g/mol. The molecule has 8 heteroatoms. The summed E-state index contributed by atoms with van der Waals surface area (Å²) >= 11 is 0. The second kappa shape index (κ2) is 8.66. The summed E-state index contributed by atoms with van der Waals surface area (Å²) in [6.07, 6.45) is 1.81. The van der Waals surface area contributed by atoms with Crippen LogP contribution in [0.1, 0.15) is 26.4 Å². The van der Waals surface area contributed by atoms with Gasteiger partial charge in [-0.05, 0) is 48.9 Å². The highest BCUT2D eigenvalue weighted by atomic mass is 16.5. The van der Waals surface area contributed by atoms with Crippen molar-refractivity contribution >= 4 is 33.6 Å². The fourth-order valence-corrected chi connectivity index (χ4v) is 4.96. The average molecular weight is 480 g/mol. The van der Waals surface area contributed by atoms with Gasteiger partial charge in [0.2, 0.25) is 0 Å². The molecule has 0 aliphatic carbocycles. The fourth-order valence-electron chi connectivity index (χ4n) is 4.96. The normalized spacial score (nSPS) is 14.0. The Hall–Kier alpha value is -4.43. The number of nitrogens with one attached hydrogen (secondary N) is 1. The molecule has 0 spiro atoms. The zero-order valence-corrected chi connectivity index (χ0v) is 19.8. The van der Waals surface area contributed by atoms with Crippen molar-refractivity contribution in [3.05, 3.63) is 83.7 Å². The SMILES string of the molecule is Cc1c(-c2cc(C(N)=O)c3[nH]c4cc(C(=O)N5CCOCC5)ccc4c3c2)cnn1-c1ccccc1. The van der Waals surface area contributed by atoms with Gasteiger partial charge in [0, 0.05) is 46.2 Å². The Morgan fingerprint density at radius 3 is 2.53 bits per heavy atom. The van der Waals surface area contributed by atoms with Gasteiger partial charge in [0.05, 0.1) is 36.2 Å². The topological polar surface area (TPSA) is 106 Å². The summed E-state index contributed by atoms with van der Waals surface area (Å²) in [6, 6.07) is 19.4. The molecule has 3 N–H and O–H groups in total. The van der Waals surface area contributed by atoms with Crippen molar-refractivity contribution in [3.63, 3.8) is 0 Å². The summed E-state index contributed by atoms with van der Waals surface area (Å²) in [5.74, 6) is -0.551. The Balaban J connectivity index is 1.47. The second-order valence-electron chi connectivity index (χ2n) is 8.99. The van der Waals surface area contributed by atoms with E-state index in [2.05, 4.69) is 10.1 Å². The average Bonchev–Trinajstić information content (AvgIpc) is 3.48. The van der Waals surface area contributed by atoms with Crippen molar-refractivity contribution < 1.29 is 14.3 Å². The maximum Gasteiger partial charge on any atom is 0.254 e. The molecule has 1 fully saturated rings. The molecule has 3 aromatic carbocycles. The van der Waals surface area contributed by atoms with Crippen LogP contribution in [0, 0.1) is 6.92 Å². The molecule has 36 heavy (non-hydrogen) atoms. The van der Waals surface area contributed by atoms with Gasteiger partial charge < -0.3 is 20.4 Å². The number of morpholine rings is 1. The van der Waals surface area contributed by atoms with Gasteiger partial charge in [-0.3, -0.25) is 9.59 Å². The number of amides is 2. The number of para-hydroxylation sites is 1. The Kier molecular flexibility index (Phi) is 5.30. The van der Waals surface area contributed by atoms with Crippen molar-refractivity contribution in [1.29, 1.82) is 0 Å². The van der Waals surface area contributed by atoms with Gasteiger partial charge >= 0.3 is 0 Å². The van der Waals surface area contributed by atoms with Gasteiger partial charge in [0.25, 0.3) is 11.8 Å². The predicted molar refractivity (Wildman–Crippen MR) is 138 cm³/mol. The molecule has 0 radical (unpaired) electrons. The first-order chi connectivity index (χ1) is 17.5. The van der Waals surface area contributed by atoms with E-state index in [1.165, 1.54) is 0 Å². The van der Waals surface area contributed by atoms with Crippen LogP contribution in [0.4, 0.5) is 0 Å². The zero-order chi connectivity index (χ0) is 24.8. The number of hydrogen-bond donors (Lipinski definition) is 2. The van der Waals surface area contributed by atoms with Crippen molar-refractivity contribution in [1.82, 2.24) is 19.7 Å². The first-order valence-corrected chi connectivity index (χ1v) is 11.9. The lowest BCUT2D eigenvalue weighted by atomic mass is 9.99. The first-order valence-electron chi connectivity index (χ1n) is 11.9. The summed E-state index contributed by atoms with van der Waals surface area (Å²) in [4.78, 5) is 30.6. The third-order valence-corrected chi connectivity index (χ3v) is 6.84. The van der Waals surface area contributed by atoms with Gasteiger partial charge in [-0.15, -0.1) is 0 Å². The van der Waals surface area contributed by atoms with Crippen molar-refractivity contribution in [3.8, 4) is 16.8 Å². The van der Waals surface area contributed by atoms with Crippen LogP contribution >= 0.6 is 0 Å². The smallest absolute Gasteiger partial charge is 0.254 e. The molecule has 0 bridgehead atoms. The molecule has 3 heterocycles. The maximum absolute atomic E-state index is 13.0. The van der Waals surface area contributed by atoms with Crippen LogP contribution in [-0.4, -0.2) is 57.8 Å². The van der Waals surface area contributed by atoms with Gasteiger partial charge in [-0.1, -0.05) is 24.3 Å². The number of carbonyl (C=O) groups is 2. The Morgan fingerprint density at radius 2 is 1.78 bits per heavy atom. The van der Waals surface area contributed by atoms with Gasteiger partial charge in [-0.25, -0.2) is 4.68 Å². The number of nitrogens with two attached hydrogens (primary N) is 1. The predicted octanol–water partition coefficient (Wildman–Crippen LogP) is 4.05. The number of primary amides is 1. The lowest BCUT2D eigenvalue weighted by molar-refractivity contribution is 0.0303. The van der Waals surface area contributed by atoms with E-state index >= 15 is 0 Å². The highest BCUT2D eigenvalue weighted by Gasteiger charge is 2.21. The number of benzene rings is 3. The van der Waals surface area contributed by atoms with Crippen molar-refractivity contribution in [2.45, 2.75) is 6.92 Å². The molecule has 1 aliphatic rings. The third kappa shape index (κ3) is 3.63. The van der Waals surface area contributed by atoms with Gasteiger partial charge in [-0.2, -0.15) is 5.10 Å². The zero-order valence-electron chi connectivity index (χ0n) is 19.8. The van der Waals surface area contributed by atoms with Gasteiger partial charge in [0.15, 0.2) is 0 Å². The van der Waals surface area contributed by atoms with Gasteiger partial charge in [0.1, 0.15) is 0 Å². The van der Waals surface area contributed by atoms with E-state index in [-0.39, 0.29) is 5.91 Å². The first kappa shape index (κ1) is 22.1. The maximum atomic E-state index is 13.0. The monoisotopic (exact) mass is 479 g/mol. The number of aromatic amines is 1. The molecule has 1 saturated heterocycles. The molecule has 1 aliphatic heterocycles. The van der Waals surface area contributed by atoms with E-state index < -0.39 is 5.91 Å². The number of hydrogen-bond acceptors (Lipinski definition) is 4. The standard InChI is InChI=1S/C28H25N5O3/c1-17-24(16-30-33(17)20-5-3-2-4-6-20)19-13-22-21-8-7-18(28(35)32-9-11-36-12-10-32)15-25(21)31-26(22)23(14-19)27(29)34/h2-8,13-16,31H,9-12H2,1H3,(H2,29,34). The molecule has 6 rings (SSSR count). The van der Waals surface area contributed by atoms with Crippen LogP contribution in [0.2, 0.25) is 0 Å². The Bertz CT molecular complexity index is 1630. The molecule has 0 atom stereocenters. The summed E-state index contributed by atoms with van der Waals surface area (Å²) < 4.78 is 7.24. The number of aromatic nitrogens is 3. The van der Waals surface area contributed by atoms with E-state index in [0.717, 1.165) is 38.8 Å². The molecule has 5 aromatic rings. The molecule has 0 unspecified atom stereocenters. The number of rotatable bonds is 4. The minimum absolute atomic E-state index is 0.0291.